The highest BCUT2D eigenvalue weighted by Gasteiger charge is 2.14. The van der Waals surface area contributed by atoms with E-state index < -0.39 is 0 Å². The Balaban J connectivity index is 1.95. The van der Waals surface area contributed by atoms with Gasteiger partial charge >= 0.3 is 0 Å². The third kappa shape index (κ3) is 1.43. The van der Waals surface area contributed by atoms with E-state index in [2.05, 4.69) is 14.9 Å². The molecular weight excluding hydrogens is 138 g/mol. The van der Waals surface area contributed by atoms with E-state index in [4.69, 9.17) is 0 Å². The summed E-state index contributed by atoms with van der Waals surface area (Å²) >= 11 is 0. The Morgan fingerprint density at radius 3 is 2.91 bits per heavy atom. The van der Waals surface area contributed by atoms with Crippen LogP contribution in [-0.4, -0.2) is 28.0 Å². The highest BCUT2D eigenvalue weighted by molar-refractivity contribution is 5.00. The highest BCUT2D eigenvalue weighted by atomic mass is 15.2. The van der Waals surface area contributed by atoms with Gasteiger partial charge in [-0.25, -0.2) is 4.98 Å². The van der Waals surface area contributed by atoms with Gasteiger partial charge in [0.15, 0.2) is 0 Å². The van der Waals surface area contributed by atoms with Gasteiger partial charge in [0.25, 0.3) is 0 Å². The van der Waals surface area contributed by atoms with Gasteiger partial charge in [-0.3, -0.25) is 4.90 Å². The van der Waals surface area contributed by atoms with Gasteiger partial charge in [0, 0.05) is 18.4 Å². The molecule has 0 aromatic carbocycles. The summed E-state index contributed by atoms with van der Waals surface area (Å²) in [5.74, 6) is 1.01. The predicted octanol–water partition coefficient (Wildman–Crippen LogP) is 0.924. The summed E-state index contributed by atoms with van der Waals surface area (Å²) in [6.07, 6.45) is 3.28. The molecule has 1 aromatic rings. The number of aromatic nitrogens is 2. The third-order valence-electron chi connectivity index (χ3n) is 2.10. The van der Waals surface area contributed by atoms with Crippen LogP contribution in [0, 0.1) is 6.92 Å². The number of nitrogens with one attached hydrogen (secondary N) is 1. The van der Waals surface area contributed by atoms with E-state index in [-0.39, 0.29) is 0 Å². The second-order valence-corrected chi connectivity index (χ2v) is 3.12. The van der Waals surface area contributed by atoms with Gasteiger partial charge in [-0.05, 0) is 26.4 Å². The standard InChI is InChI=1S/C8H13N3/c1-7-9-5-8(10-7)6-11-3-2-4-11/h5H,2-4,6H2,1H3,(H,9,10). The van der Waals surface area contributed by atoms with E-state index >= 15 is 0 Å². The average Bonchev–Trinajstić information content (AvgIpc) is 2.27. The Morgan fingerprint density at radius 1 is 1.64 bits per heavy atom. The fraction of sp³-hybridized carbons (Fsp3) is 0.625. The SMILES string of the molecule is Cc1ncc(CN2CCC2)[nH]1. The van der Waals surface area contributed by atoms with Gasteiger partial charge in [-0.1, -0.05) is 0 Å². The maximum absolute atomic E-state index is 4.15. The van der Waals surface area contributed by atoms with Gasteiger partial charge in [-0.15, -0.1) is 0 Å². The molecule has 0 bridgehead atoms. The van der Waals surface area contributed by atoms with Gasteiger partial charge in [0.05, 0.1) is 0 Å². The van der Waals surface area contributed by atoms with Crippen LogP contribution in [-0.2, 0) is 6.54 Å². The zero-order valence-corrected chi connectivity index (χ0v) is 6.80. The van der Waals surface area contributed by atoms with Gasteiger partial charge in [0.2, 0.25) is 0 Å². The van der Waals surface area contributed by atoms with E-state index in [1.54, 1.807) is 0 Å². The van der Waals surface area contributed by atoms with Crippen LogP contribution in [0.25, 0.3) is 0 Å². The Morgan fingerprint density at radius 2 is 2.45 bits per heavy atom. The lowest BCUT2D eigenvalue weighted by molar-refractivity contribution is 0.170. The molecule has 3 heteroatoms. The molecule has 1 aliphatic heterocycles. The monoisotopic (exact) mass is 151 g/mol. The van der Waals surface area contributed by atoms with Crippen molar-refractivity contribution in [3.63, 3.8) is 0 Å². The molecule has 3 nitrogen and oxygen atoms in total. The number of H-pyrrole nitrogens is 1. The predicted molar refractivity (Wildman–Crippen MR) is 43.2 cm³/mol. The molecule has 11 heavy (non-hydrogen) atoms. The first kappa shape index (κ1) is 6.85. The number of hydrogen-bond donors (Lipinski definition) is 1. The van der Waals surface area contributed by atoms with Crippen molar-refractivity contribution in [3.8, 4) is 0 Å². The lowest BCUT2D eigenvalue weighted by atomic mass is 10.2. The van der Waals surface area contributed by atoms with Crippen molar-refractivity contribution in [2.24, 2.45) is 0 Å². The van der Waals surface area contributed by atoms with Crippen molar-refractivity contribution < 1.29 is 0 Å². The van der Waals surface area contributed by atoms with Crippen LogP contribution in [0.5, 0.6) is 0 Å². The maximum atomic E-state index is 4.15. The van der Waals surface area contributed by atoms with Gasteiger partial charge < -0.3 is 4.98 Å². The topological polar surface area (TPSA) is 31.9 Å². The molecule has 1 aliphatic rings. The summed E-state index contributed by atoms with van der Waals surface area (Å²) < 4.78 is 0. The van der Waals surface area contributed by atoms with Crippen LogP contribution >= 0.6 is 0 Å². The van der Waals surface area contributed by atoms with Crippen molar-refractivity contribution in [2.45, 2.75) is 19.9 Å². The first-order valence-electron chi connectivity index (χ1n) is 4.07. The molecule has 0 unspecified atom stereocenters. The van der Waals surface area contributed by atoms with Gasteiger partial charge in [0.1, 0.15) is 5.82 Å². The molecule has 0 atom stereocenters. The summed E-state index contributed by atoms with van der Waals surface area (Å²) in [6, 6.07) is 0. The largest absolute Gasteiger partial charge is 0.345 e. The lowest BCUT2D eigenvalue weighted by Crippen LogP contribution is -2.36. The molecule has 0 aliphatic carbocycles. The molecule has 1 saturated heterocycles. The molecule has 0 radical (unpaired) electrons. The van der Waals surface area contributed by atoms with Crippen molar-refractivity contribution in [2.75, 3.05) is 13.1 Å². The Hall–Kier alpha value is -0.830. The lowest BCUT2D eigenvalue weighted by Gasteiger charge is -2.29. The molecule has 0 amide bonds. The smallest absolute Gasteiger partial charge is 0.103 e. The highest BCUT2D eigenvalue weighted by Crippen LogP contribution is 2.10. The van der Waals surface area contributed by atoms with Crippen LogP contribution in [0.15, 0.2) is 6.20 Å². The van der Waals surface area contributed by atoms with E-state index in [1.165, 1.54) is 25.2 Å². The quantitative estimate of drug-likeness (QED) is 0.681. The van der Waals surface area contributed by atoms with Crippen LogP contribution in [0.2, 0.25) is 0 Å². The Labute approximate surface area is 66.4 Å². The van der Waals surface area contributed by atoms with Crippen molar-refractivity contribution in [3.05, 3.63) is 17.7 Å². The fourth-order valence-electron chi connectivity index (χ4n) is 1.33. The average molecular weight is 151 g/mol. The summed E-state index contributed by atoms with van der Waals surface area (Å²) in [7, 11) is 0. The minimum Gasteiger partial charge on any atom is -0.345 e. The molecule has 1 fully saturated rings. The number of aryl methyl sites for hydroxylation is 1. The van der Waals surface area contributed by atoms with Crippen LogP contribution < -0.4 is 0 Å². The molecule has 1 aromatic heterocycles. The van der Waals surface area contributed by atoms with E-state index in [9.17, 15) is 0 Å². The van der Waals surface area contributed by atoms with Crippen molar-refractivity contribution in [1.29, 1.82) is 0 Å². The number of imidazole rings is 1. The Kier molecular flexibility index (Phi) is 1.66. The van der Waals surface area contributed by atoms with Crippen molar-refractivity contribution in [1.82, 2.24) is 14.9 Å². The number of nitrogens with zero attached hydrogens (tertiary/aromatic N) is 2. The maximum Gasteiger partial charge on any atom is 0.103 e. The molecule has 0 saturated carbocycles. The minimum absolute atomic E-state index is 1.01. The van der Waals surface area contributed by atoms with E-state index in [0.717, 1.165) is 12.4 Å². The first-order valence-corrected chi connectivity index (χ1v) is 4.07. The molecule has 2 heterocycles. The number of likely N-dealkylation sites (tertiary alicyclic amines) is 1. The number of aromatic amines is 1. The zero-order valence-electron chi connectivity index (χ0n) is 6.80. The molecule has 0 spiro atoms. The molecular formula is C8H13N3. The van der Waals surface area contributed by atoms with E-state index in [1.807, 2.05) is 13.1 Å². The Bertz CT molecular complexity index is 237. The first-order chi connectivity index (χ1) is 5.34. The van der Waals surface area contributed by atoms with Crippen LogP contribution in [0.3, 0.4) is 0 Å². The normalized spacial score (nSPS) is 18.3. The third-order valence-corrected chi connectivity index (χ3v) is 2.10. The summed E-state index contributed by atoms with van der Waals surface area (Å²) in [5.41, 5.74) is 1.24. The molecule has 60 valence electrons. The van der Waals surface area contributed by atoms with Crippen LogP contribution in [0.4, 0.5) is 0 Å². The summed E-state index contributed by atoms with van der Waals surface area (Å²) in [4.78, 5) is 9.78. The van der Waals surface area contributed by atoms with E-state index in [0.29, 0.717) is 0 Å². The summed E-state index contributed by atoms with van der Waals surface area (Å²) in [5, 5.41) is 0. The fourth-order valence-corrected chi connectivity index (χ4v) is 1.33. The number of rotatable bonds is 2. The second-order valence-electron chi connectivity index (χ2n) is 3.12. The second kappa shape index (κ2) is 2.66. The molecule has 1 N–H and O–H groups in total. The number of hydrogen-bond acceptors (Lipinski definition) is 2. The van der Waals surface area contributed by atoms with Gasteiger partial charge in [-0.2, -0.15) is 0 Å². The molecule has 2 rings (SSSR count). The van der Waals surface area contributed by atoms with Crippen LogP contribution in [0.1, 0.15) is 17.9 Å². The summed E-state index contributed by atoms with van der Waals surface area (Å²) in [6.45, 7) is 5.52. The van der Waals surface area contributed by atoms with Crippen molar-refractivity contribution >= 4 is 0 Å². The minimum atomic E-state index is 1.01. The zero-order chi connectivity index (χ0) is 7.68.